The zero-order valence-corrected chi connectivity index (χ0v) is 15.6. The van der Waals surface area contributed by atoms with Crippen LogP contribution >= 0.6 is 27.3 Å². The van der Waals surface area contributed by atoms with Gasteiger partial charge < -0.3 is 14.6 Å². The summed E-state index contributed by atoms with van der Waals surface area (Å²) >= 11 is 5.12. The molecule has 3 rings (SSSR count). The summed E-state index contributed by atoms with van der Waals surface area (Å²) in [5.74, 6) is 0.0792. The molecular formula is C17H19BrN2O3S. The van der Waals surface area contributed by atoms with Crippen molar-refractivity contribution in [2.75, 3.05) is 19.6 Å². The van der Waals surface area contributed by atoms with Gasteiger partial charge in [0.25, 0.3) is 5.91 Å². The third-order valence-electron chi connectivity index (χ3n) is 4.11. The molecule has 1 atom stereocenters. The van der Waals surface area contributed by atoms with Gasteiger partial charge in [-0.05, 0) is 59.5 Å². The largest absolute Gasteiger partial charge is 0.459 e. The molecule has 0 saturated carbocycles. The first-order valence-corrected chi connectivity index (χ1v) is 9.59. The Kier molecular flexibility index (Phi) is 5.73. The van der Waals surface area contributed by atoms with E-state index in [-0.39, 0.29) is 17.7 Å². The highest BCUT2D eigenvalue weighted by atomic mass is 79.9. The third-order valence-corrected chi connectivity index (χ3v) is 5.79. The fourth-order valence-electron chi connectivity index (χ4n) is 2.87. The number of hydrogen-bond donors (Lipinski definition) is 1. The number of piperidine rings is 1. The van der Waals surface area contributed by atoms with E-state index in [9.17, 15) is 9.59 Å². The van der Waals surface area contributed by atoms with E-state index in [0.29, 0.717) is 25.4 Å². The highest BCUT2D eigenvalue weighted by Crippen LogP contribution is 2.22. The molecule has 5 nitrogen and oxygen atoms in total. The summed E-state index contributed by atoms with van der Waals surface area (Å²) in [6.45, 7) is 1.75. The lowest BCUT2D eigenvalue weighted by Crippen LogP contribution is -2.45. The Balaban J connectivity index is 1.48. The van der Waals surface area contributed by atoms with Gasteiger partial charge in [-0.25, -0.2) is 0 Å². The molecule has 0 radical (unpaired) electrons. The predicted octanol–water partition coefficient (Wildman–Crippen LogP) is 3.31. The van der Waals surface area contributed by atoms with Crippen molar-refractivity contribution < 1.29 is 14.0 Å². The summed E-state index contributed by atoms with van der Waals surface area (Å²) in [6, 6.07) is 7.43. The molecule has 24 heavy (non-hydrogen) atoms. The first kappa shape index (κ1) is 17.2. The maximum absolute atomic E-state index is 12.4. The predicted molar refractivity (Wildman–Crippen MR) is 96.1 cm³/mol. The molecule has 0 spiro atoms. The van der Waals surface area contributed by atoms with E-state index in [1.165, 1.54) is 11.1 Å². The molecule has 2 amide bonds. The minimum absolute atomic E-state index is 0.0302. The van der Waals surface area contributed by atoms with Crippen molar-refractivity contribution in [3.8, 4) is 0 Å². The van der Waals surface area contributed by atoms with Crippen LogP contribution in [0, 0.1) is 5.92 Å². The molecular weight excluding hydrogens is 392 g/mol. The van der Waals surface area contributed by atoms with Crippen LogP contribution < -0.4 is 5.32 Å². The fourth-order valence-corrected chi connectivity index (χ4v) is 4.35. The van der Waals surface area contributed by atoms with Gasteiger partial charge in [-0.1, -0.05) is 0 Å². The summed E-state index contributed by atoms with van der Waals surface area (Å²) in [5.41, 5.74) is 0. The highest BCUT2D eigenvalue weighted by molar-refractivity contribution is 9.11. The smallest absolute Gasteiger partial charge is 0.289 e. The van der Waals surface area contributed by atoms with Gasteiger partial charge in [-0.2, -0.15) is 0 Å². The quantitative estimate of drug-likeness (QED) is 0.821. The molecule has 1 fully saturated rings. The molecule has 1 aliphatic heterocycles. The Hall–Kier alpha value is -1.60. The first-order valence-electron chi connectivity index (χ1n) is 7.98. The molecule has 1 saturated heterocycles. The Morgan fingerprint density at radius 2 is 2.25 bits per heavy atom. The van der Waals surface area contributed by atoms with Gasteiger partial charge in [-0.15, -0.1) is 11.3 Å². The van der Waals surface area contributed by atoms with Crippen molar-refractivity contribution in [2.45, 2.75) is 19.3 Å². The van der Waals surface area contributed by atoms with E-state index < -0.39 is 0 Å². The average molecular weight is 411 g/mol. The van der Waals surface area contributed by atoms with Crippen molar-refractivity contribution in [3.05, 3.63) is 45.0 Å². The molecule has 7 heteroatoms. The minimum Gasteiger partial charge on any atom is -0.459 e. The Labute approximate surface area is 153 Å². The van der Waals surface area contributed by atoms with Crippen molar-refractivity contribution >= 4 is 39.1 Å². The van der Waals surface area contributed by atoms with Crippen LogP contribution in [-0.4, -0.2) is 36.3 Å². The molecule has 2 aromatic heterocycles. The van der Waals surface area contributed by atoms with Gasteiger partial charge in [-0.3, -0.25) is 9.59 Å². The van der Waals surface area contributed by atoms with Gasteiger partial charge in [0, 0.05) is 24.5 Å². The third kappa shape index (κ3) is 4.27. The standard InChI is InChI=1S/C17H19BrN2O3S/c18-15-6-5-13(24-15)7-8-19-16(21)12-3-1-9-20(11-12)17(22)14-4-2-10-23-14/h2,4-6,10,12H,1,3,7-9,11H2,(H,19,21)/t12-/m1/s1. The van der Waals surface area contributed by atoms with Gasteiger partial charge in [0.15, 0.2) is 5.76 Å². The molecule has 0 bridgehead atoms. The molecule has 3 heterocycles. The summed E-state index contributed by atoms with van der Waals surface area (Å²) in [6.07, 6.45) is 3.97. The number of rotatable bonds is 5. The molecule has 128 valence electrons. The van der Waals surface area contributed by atoms with Crippen LogP contribution in [0.1, 0.15) is 28.3 Å². The number of nitrogens with zero attached hydrogens (tertiary/aromatic N) is 1. The zero-order valence-electron chi connectivity index (χ0n) is 13.2. The summed E-state index contributed by atoms with van der Waals surface area (Å²) in [5, 5.41) is 3.00. The first-order chi connectivity index (χ1) is 11.6. The second-order valence-electron chi connectivity index (χ2n) is 5.81. The van der Waals surface area contributed by atoms with Crippen LogP contribution in [0.5, 0.6) is 0 Å². The molecule has 0 aliphatic carbocycles. The lowest BCUT2D eigenvalue weighted by molar-refractivity contribution is -0.126. The van der Waals surface area contributed by atoms with Crippen LogP contribution in [0.15, 0.2) is 38.7 Å². The number of furan rings is 1. The van der Waals surface area contributed by atoms with Crippen molar-refractivity contribution in [3.63, 3.8) is 0 Å². The van der Waals surface area contributed by atoms with Crippen LogP contribution in [0.25, 0.3) is 0 Å². The molecule has 1 N–H and O–H groups in total. The lowest BCUT2D eigenvalue weighted by atomic mass is 9.97. The summed E-state index contributed by atoms with van der Waals surface area (Å²) in [4.78, 5) is 27.6. The van der Waals surface area contributed by atoms with Crippen LogP contribution in [0.4, 0.5) is 0 Å². The SMILES string of the molecule is O=C(NCCc1ccc(Br)s1)[C@@H]1CCCN(C(=O)c2ccco2)C1. The maximum atomic E-state index is 12.4. The van der Waals surface area contributed by atoms with Gasteiger partial charge in [0.2, 0.25) is 5.91 Å². The molecule has 2 aromatic rings. The molecule has 0 unspecified atom stereocenters. The zero-order chi connectivity index (χ0) is 16.9. The van der Waals surface area contributed by atoms with E-state index in [1.807, 2.05) is 6.07 Å². The summed E-state index contributed by atoms with van der Waals surface area (Å²) < 4.78 is 6.27. The minimum atomic E-state index is -0.146. The second kappa shape index (κ2) is 7.98. The highest BCUT2D eigenvalue weighted by Gasteiger charge is 2.29. The number of likely N-dealkylation sites (tertiary alicyclic amines) is 1. The lowest BCUT2D eigenvalue weighted by Gasteiger charge is -2.31. The molecule has 0 aromatic carbocycles. The van der Waals surface area contributed by atoms with E-state index >= 15 is 0 Å². The number of carbonyl (C=O) groups excluding carboxylic acids is 2. The Morgan fingerprint density at radius 1 is 1.38 bits per heavy atom. The van der Waals surface area contributed by atoms with E-state index in [0.717, 1.165) is 23.0 Å². The normalized spacial score (nSPS) is 17.7. The van der Waals surface area contributed by atoms with E-state index in [2.05, 4.69) is 27.3 Å². The number of carbonyl (C=O) groups is 2. The number of amides is 2. The average Bonchev–Trinajstić information content (AvgIpc) is 3.26. The van der Waals surface area contributed by atoms with Crippen molar-refractivity contribution in [1.29, 1.82) is 0 Å². The van der Waals surface area contributed by atoms with Crippen LogP contribution in [0.3, 0.4) is 0 Å². The monoisotopic (exact) mass is 410 g/mol. The Bertz CT molecular complexity index is 699. The fraction of sp³-hybridized carbons (Fsp3) is 0.412. The number of hydrogen-bond acceptors (Lipinski definition) is 4. The van der Waals surface area contributed by atoms with E-state index in [4.69, 9.17) is 4.42 Å². The topological polar surface area (TPSA) is 62.6 Å². The van der Waals surface area contributed by atoms with Gasteiger partial charge in [0.1, 0.15) is 0 Å². The van der Waals surface area contributed by atoms with Gasteiger partial charge in [0.05, 0.1) is 16.0 Å². The second-order valence-corrected chi connectivity index (χ2v) is 8.36. The van der Waals surface area contributed by atoms with Crippen molar-refractivity contribution in [2.24, 2.45) is 5.92 Å². The maximum Gasteiger partial charge on any atom is 0.289 e. The van der Waals surface area contributed by atoms with Crippen molar-refractivity contribution in [1.82, 2.24) is 10.2 Å². The molecule has 1 aliphatic rings. The number of nitrogens with one attached hydrogen (secondary N) is 1. The van der Waals surface area contributed by atoms with E-state index in [1.54, 1.807) is 28.4 Å². The van der Waals surface area contributed by atoms with Crippen LogP contribution in [0.2, 0.25) is 0 Å². The number of thiophene rings is 1. The Morgan fingerprint density at radius 3 is 2.96 bits per heavy atom. The van der Waals surface area contributed by atoms with Crippen LogP contribution in [-0.2, 0) is 11.2 Å². The number of halogens is 1. The summed E-state index contributed by atoms with van der Waals surface area (Å²) in [7, 11) is 0. The van der Waals surface area contributed by atoms with Gasteiger partial charge >= 0.3 is 0 Å².